The maximum atomic E-state index is 12.8. The van der Waals surface area contributed by atoms with Crippen LogP contribution in [0.5, 0.6) is 5.75 Å². The van der Waals surface area contributed by atoms with Gasteiger partial charge >= 0.3 is 5.97 Å². The Hall–Kier alpha value is -2.07. The van der Waals surface area contributed by atoms with Crippen molar-refractivity contribution in [2.45, 2.75) is 98.2 Å². The summed E-state index contributed by atoms with van der Waals surface area (Å²) < 4.78 is 17.7. The van der Waals surface area contributed by atoms with Crippen molar-refractivity contribution in [3.8, 4) is 5.75 Å². The van der Waals surface area contributed by atoms with E-state index >= 15 is 0 Å². The Morgan fingerprint density at radius 2 is 1.38 bits per heavy atom. The molecule has 3 rings (SSSR count). The quantitative estimate of drug-likeness (QED) is 0.276. The molecular formula is C30H44O4. The second-order valence-electron chi connectivity index (χ2n) is 10.7. The molecule has 0 aromatic heterocycles. The van der Waals surface area contributed by atoms with Crippen LogP contribution < -0.4 is 4.74 Å². The van der Waals surface area contributed by atoms with Crippen LogP contribution in [-0.2, 0) is 9.47 Å². The van der Waals surface area contributed by atoms with E-state index in [9.17, 15) is 4.79 Å². The third kappa shape index (κ3) is 8.30. The van der Waals surface area contributed by atoms with E-state index in [2.05, 4.69) is 33.8 Å². The molecule has 0 aliphatic heterocycles. The van der Waals surface area contributed by atoms with E-state index in [1.54, 1.807) is 0 Å². The van der Waals surface area contributed by atoms with E-state index in [1.807, 2.05) is 31.2 Å². The minimum Gasteiger partial charge on any atom is -0.490 e. The Bertz CT molecular complexity index is 845. The number of aryl methyl sites for hydroxylation is 1. The lowest BCUT2D eigenvalue weighted by Crippen LogP contribution is -2.31. The highest BCUT2D eigenvalue weighted by molar-refractivity contribution is 5.91. The number of allylic oxidation sites excluding steroid dienone is 2. The molecule has 4 heteroatoms. The standard InChI is InChI=1S/C30H44O4/c1-21(2)16-18-32-26-10-6-24(7-11-26)25-8-12-27(13-9-25)34-30(31)29-15-14-28(20-23(29)5)33-19-17-22(3)4/h14-17,20,24-27H,6-13,18-19H2,1-5H3. The lowest BCUT2D eigenvalue weighted by atomic mass is 9.72. The Balaban J connectivity index is 1.40. The Kier molecular flexibility index (Phi) is 10.2. The Labute approximate surface area is 206 Å². The fraction of sp³-hybridized carbons (Fsp3) is 0.633. The van der Waals surface area contributed by atoms with Crippen molar-refractivity contribution in [2.75, 3.05) is 13.2 Å². The maximum absolute atomic E-state index is 12.8. The van der Waals surface area contributed by atoms with E-state index in [0.717, 1.165) is 42.6 Å². The monoisotopic (exact) mass is 468 g/mol. The summed E-state index contributed by atoms with van der Waals surface area (Å²) in [4.78, 5) is 12.8. The zero-order valence-corrected chi connectivity index (χ0v) is 21.9. The summed E-state index contributed by atoms with van der Waals surface area (Å²) in [6.45, 7) is 11.6. The number of carbonyl (C=O) groups is 1. The van der Waals surface area contributed by atoms with Crippen LogP contribution in [0.1, 0.15) is 95.0 Å². The van der Waals surface area contributed by atoms with Crippen molar-refractivity contribution in [1.82, 2.24) is 0 Å². The van der Waals surface area contributed by atoms with E-state index in [0.29, 0.717) is 18.3 Å². The molecule has 0 unspecified atom stereocenters. The van der Waals surface area contributed by atoms with Crippen LogP contribution in [0, 0.1) is 18.8 Å². The van der Waals surface area contributed by atoms with Crippen molar-refractivity contribution >= 4 is 5.97 Å². The number of benzene rings is 1. The summed E-state index contributed by atoms with van der Waals surface area (Å²) in [6.07, 6.45) is 13.9. The van der Waals surface area contributed by atoms with E-state index < -0.39 is 0 Å². The smallest absolute Gasteiger partial charge is 0.338 e. The Morgan fingerprint density at radius 1 is 0.824 bits per heavy atom. The summed E-state index contributed by atoms with van der Waals surface area (Å²) >= 11 is 0. The summed E-state index contributed by atoms with van der Waals surface area (Å²) in [5.74, 6) is 2.16. The second kappa shape index (κ2) is 13.1. The summed E-state index contributed by atoms with van der Waals surface area (Å²) in [7, 11) is 0. The van der Waals surface area contributed by atoms with Gasteiger partial charge in [0.1, 0.15) is 18.5 Å². The van der Waals surface area contributed by atoms with Crippen LogP contribution >= 0.6 is 0 Å². The number of hydrogen-bond donors (Lipinski definition) is 0. The molecule has 2 aliphatic carbocycles. The predicted octanol–water partition coefficient (Wildman–Crippen LogP) is 7.60. The van der Waals surface area contributed by atoms with Gasteiger partial charge in [-0.15, -0.1) is 0 Å². The minimum absolute atomic E-state index is 0.0421. The van der Waals surface area contributed by atoms with E-state index in [4.69, 9.17) is 14.2 Å². The molecule has 2 saturated carbocycles. The van der Waals surface area contributed by atoms with Gasteiger partial charge in [-0.1, -0.05) is 17.2 Å². The molecule has 0 heterocycles. The van der Waals surface area contributed by atoms with Gasteiger partial charge in [0.05, 0.1) is 18.3 Å². The van der Waals surface area contributed by atoms with Crippen molar-refractivity contribution in [3.63, 3.8) is 0 Å². The fourth-order valence-electron chi connectivity index (χ4n) is 5.23. The SMILES string of the molecule is CC(C)=CCOc1ccc(C(=O)OC2CCC(C3CCC(OCC=C(C)C)CC3)CC2)c(C)c1. The number of hydrogen-bond acceptors (Lipinski definition) is 4. The first-order valence-corrected chi connectivity index (χ1v) is 13.1. The van der Waals surface area contributed by atoms with Crippen LogP contribution in [-0.4, -0.2) is 31.4 Å². The van der Waals surface area contributed by atoms with Crippen LogP contribution in [0.4, 0.5) is 0 Å². The largest absolute Gasteiger partial charge is 0.490 e. The number of rotatable bonds is 9. The third-order valence-electron chi connectivity index (χ3n) is 7.36. The van der Waals surface area contributed by atoms with Crippen LogP contribution in [0.15, 0.2) is 41.5 Å². The minimum atomic E-state index is -0.203. The van der Waals surface area contributed by atoms with E-state index in [1.165, 1.54) is 49.7 Å². The molecule has 4 nitrogen and oxygen atoms in total. The zero-order valence-electron chi connectivity index (χ0n) is 21.9. The molecule has 0 radical (unpaired) electrons. The van der Waals surface area contributed by atoms with Crippen LogP contribution in [0.3, 0.4) is 0 Å². The highest BCUT2D eigenvalue weighted by Crippen LogP contribution is 2.39. The van der Waals surface area contributed by atoms with Gasteiger partial charge in [0.2, 0.25) is 0 Å². The second-order valence-corrected chi connectivity index (χ2v) is 10.7. The van der Waals surface area contributed by atoms with Crippen molar-refractivity contribution in [3.05, 3.63) is 52.6 Å². The third-order valence-corrected chi connectivity index (χ3v) is 7.36. The fourth-order valence-corrected chi connectivity index (χ4v) is 5.23. The molecule has 34 heavy (non-hydrogen) atoms. The summed E-state index contributed by atoms with van der Waals surface area (Å²) in [5.41, 5.74) is 4.09. The van der Waals surface area contributed by atoms with Gasteiger partial charge in [0.15, 0.2) is 0 Å². The number of carbonyl (C=O) groups excluding carboxylic acids is 1. The first kappa shape index (κ1) is 26.5. The average Bonchev–Trinajstić information content (AvgIpc) is 2.80. The Morgan fingerprint density at radius 3 is 1.94 bits per heavy atom. The topological polar surface area (TPSA) is 44.8 Å². The average molecular weight is 469 g/mol. The first-order valence-electron chi connectivity index (χ1n) is 13.1. The molecular weight excluding hydrogens is 424 g/mol. The summed E-state index contributed by atoms with van der Waals surface area (Å²) in [5, 5.41) is 0. The maximum Gasteiger partial charge on any atom is 0.338 e. The summed E-state index contributed by atoms with van der Waals surface area (Å²) in [6, 6.07) is 5.62. The predicted molar refractivity (Wildman–Crippen MR) is 138 cm³/mol. The molecule has 2 aliphatic rings. The van der Waals surface area contributed by atoms with Crippen LogP contribution in [0.25, 0.3) is 0 Å². The van der Waals surface area contributed by atoms with Gasteiger partial charge in [-0.05, 0) is 128 Å². The van der Waals surface area contributed by atoms with Gasteiger partial charge in [-0.2, -0.15) is 0 Å². The van der Waals surface area contributed by atoms with Gasteiger partial charge in [-0.25, -0.2) is 4.79 Å². The molecule has 2 fully saturated rings. The first-order chi connectivity index (χ1) is 16.3. The highest BCUT2D eigenvalue weighted by Gasteiger charge is 2.32. The van der Waals surface area contributed by atoms with Gasteiger partial charge in [-0.3, -0.25) is 0 Å². The molecule has 0 atom stereocenters. The molecule has 1 aromatic carbocycles. The van der Waals surface area contributed by atoms with Crippen molar-refractivity contribution in [1.29, 1.82) is 0 Å². The molecule has 1 aromatic rings. The lowest BCUT2D eigenvalue weighted by molar-refractivity contribution is 0.000756. The van der Waals surface area contributed by atoms with E-state index in [-0.39, 0.29) is 12.1 Å². The molecule has 0 amide bonds. The van der Waals surface area contributed by atoms with Gasteiger partial charge < -0.3 is 14.2 Å². The normalized spacial score (nSPS) is 24.7. The molecule has 0 bridgehead atoms. The number of esters is 1. The molecule has 0 N–H and O–H groups in total. The van der Waals surface area contributed by atoms with Gasteiger partial charge in [0.25, 0.3) is 0 Å². The lowest BCUT2D eigenvalue weighted by Gasteiger charge is -2.37. The zero-order chi connectivity index (χ0) is 24.5. The molecule has 0 saturated heterocycles. The molecule has 188 valence electrons. The molecule has 0 spiro atoms. The van der Waals surface area contributed by atoms with Gasteiger partial charge in [0, 0.05) is 0 Å². The highest BCUT2D eigenvalue weighted by atomic mass is 16.5. The number of ether oxygens (including phenoxy) is 3. The van der Waals surface area contributed by atoms with Crippen molar-refractivity contribution in [2.24, 2.45) is 11.8 Å². The van der Waals surface area contributed by atoms with Crippen molar-refractivity contribution < 1.29 is 19.0 Å². The van der Waals surface area contributed by atoms with Crippen LogP contribution in [0.2, 0.25) is 0 Å².